The van der Waals surface area contributed by atoms with Crippen LogP contribution in [0.15, 0.2) is 29.6 Å². The number of hydrogen-bond acceptors (Lipinski definition) is 3. The van der Waals surface area contributed by atoms with E-state index >= 15 is 0 Å². The molecule has 0 radical (unpaired) electrons. The number of halogens is 2. The zero-order valence-electron chi connectivity index (χ0n) is 9.02. The monoisotopic (exact) mass is 302 g/mol. The highest BCUT2D eigenvalue weighted by molar-refractivity contribution is 7.12. The second kappa shape index (κ2) is 5.61. The Hall–Kier alpha value is -1.23. The molecule has 1 aromatic carbocycles. The molecule has 0 fully saturated rings. The molecule has 3 nitrogen and oxygen atoms in total. The zero-order chi connectivity index (χ0) is 13.1. The minimum absolute atomic E-state index is 0.249. The Morgan fingerprint density at radius 3 is 2.67 bits per heavy atom. The number of rotatable bonds is 4. The lowest BCUT2D eigenvalue weighted by atomic mass is 10.2. The fourth-order valence-electron chi connectivity index (χ4n) is 1.30. The van der Waals surface area contributed by atoms with Gasteiger partial charge in [-0.05, 0) is 17.7 Å². The zero-order valence-corrected chi connectivity index (χ0v) is 11.4. The highest BCUT2D eigenvalue weighted by Crippen LogP contribution is 2.25. The highest BCUT2D eigenvalue weighted by Gasteiger charge is 2.07. The summed E-state index contributed by atoms with van der Waals surface area (Å²) in [7, 11) is 0. The van der Waals surface area contributed by atoms with E-state index in [0.29, 0.717) is 22.4 Å². The van der Waals surface area contributed by atoms with Crippen molar-refractivity contribution >= 4 is 40.5 Å². The molecule has 6 heteroatoms. The molecule has 0 spiro atoms. The number of ether oxygens (including phenoxy) is 1. The molecule has 0 saturated heterocycles. The lowest BCUT2D eigenvalue weighted by Crippen LogP contribution is -1.95. The Morgan fingerprint density at radius 1 is 1.28 bits per heavy atom. The van der Waals surface area contributed by atoms with Gasteiger partial charge in [-0.1, -0.05) is 29.3 Å². The second-order valence-corrected chi connectivity index (χ2v) is 5.21. The Balaban J connectivity index is 2.02. The Bertz CT molecular complexity index is 580. The molecule has 0 aliphatic carbocycles. The van der Waals surface area contributed by atoms with Gasteiger partial charge in [-0.3, -0.25) is 0 Å². The summed E-state index contributed by atoms with van der Waals surface area (Å²) in [6.45, 7) is 0.312. The summed E-state index contributed by atoms with van der Waals surface area (Å²) >= 11 is 12.8. The molecule has 1 heterocycles. The van der Waals surface area contributed by atoms with Crippen LogP contribution in [0.5, 0.6) is 5.75 Å². The fourth-order valence-corrected chi connectivity index (χ4v) is 2.29. The molecule has 1 aromatic heterocycles. The Morgan fingerprint density at radius 2 is 2.06 bits per heavy atom. The summed E-state index contributed by atoms with van der Waals surface area (Å²) in [5, 5.41) is 11.4. The molecule has 0 aliphatic rings. The summed E-state index contributed by atoms with van der Waals surface area (Å²) in [5.74, 6) is -0.423. The fraction of sp³-hybridized carbons (Fsp3) is 0.0833. The van der Waals surface area contributed by atoms with Gasteiger partial charge in [-0.2, -0.15) is 0 Å². The number of carboxylic acids is 1. The van der Waals surface area contributed by atoms with Crippen LogP contribution in [-0.2, 0) is 6.61 Å². The molecule has 0 aliphatic heterocycles. The van der Waals surface area contributed by atoms with E-state index in [2.05, 4.69) is 0 Å². The van der Waals surface area contributed by atoms with Gasteiger partial charge in [0.05, 0.1) is 10.0 Å². The van der Waals surface area contributed by atoms with Crippen molar-refractivity contribution in [3.8, 4) is 5.75 Å². The van der Waals surface area contributed by atoms with Crippen LogP contribution >= 0.6 is 34.5 Å². The van der Waals surface area contributed by atoms with Crippen LogP contribution in [0.4, 0.5) is 0 Å². The van der Waals surface area contributed by atoms with Crippen LogP contribution in [0.25, 0.3) is 0 Å². The number of aromatic carboxylic acids is 1. The van der Waals surface area contributed by atoms with Gasteiger partial charge in [0.1, 0.15) is 17.2 Å². The first-order valence-electron chi connectivity index (χ1n) is 4.95. The largest absolute Gasteiger partial charge is 0.488 e. The van der Waals surface area contributed by atoms with Crippen molar-refractivity contribution in [2.24, 2.45) is 0 Å². The highest BCUT2D eigenvalue weighted by atomic mass is 35.5. The third-order valence-corrected chi connectivity index (χ3v) is 3.81. The third kappa shape index (κ3) is 3.16. The predicted octanol–water partition coefficient (Wildman–Crippen LogP) is 4.33. The molecular weight excluding hydrogens is 295 g/mol. The minimum Gasteiger partial charge on any atom is -0.488 e. The van der Waals surface area contributed by atoms with Crippen LogP contribution in [0.3, 0.4) is 0 Å². The standard InChI is InChI=1S/C12H8Cl2O3S/c13-9-2-1-7(3-10(9)14)5-17-8-4-11(12(15)16)18-6-8/h1-4,6H,5H2,(H,15,16). The van der Waals surface area contributed by atoms with Crippen molar-refractivity contribution in [2.75, 3.05) is 0 Å². The van der Waals surface area contributed by atoms with Gasteiger partial charge in [0.2, 0.25) is 0 Å². The van der Waals surface area contributed by atoms with Crippen LogP contribution in [0, 0.1) is 0 Å². The van der Waals surface area contributed by atoms with Gasteiger partial charge in [0, 0.05) is 11.4 Å². The maximum Gasteiger partial charge on any atom is 0.346 e. The van der Waals surface area contributed by atoms with Crippen molar-refractivity contribution in [1.82, 2.24) is 0 Å². The van der Waals surface area contributed by atoms with Gasteiger partial charge in [0.25, 0.3) is 0 Å². The Kier molecular flexibility index (Phi) is 4.11. The lowest BCUT2D eigenvalue weighted by Gasteiger charge is -2.04. The van der Waals surface area contributed by atoms with Crippen molar-refractivity contribution in [3.05, 3.63) is 50.1 Å². The predicted molar refractivity (Wildman–Crippen MR) is 72.1 cm³/mol. The Labute approximate surface area is 118 Å². The van der Waals surface area contributed by atoms with Crippen LogP contribution in [-0.4, -0.2) is 11.1 Å². The molecule has 0 saturated carbocycles. The van der Waals surface area contributed by atoms with E-state index in [9.17, 15) is 4.79 Å². The molecule has 1 N–H and O–H groups in total. The van der Waals surface area contributed by atoms with Crippen molar-refractivity contribution in [3.63, 3.8) is 0 Å². The maximum absolute atomic E-state index is 10.7. The first-order chi connectivity index (χ1) is 8.56. The summed E-state index contributed by atoms with van der Waals surface area (Å²) < 4.78 is 5.46. The minimum atomic E-state index is -0.954. The average molecular weight is 303 g/mol. The van der Waals surface area contributed by atoms with Crippen molar-refractivity contribution < 1.29 is 14.6 Å². The molecule has 0 atom stereocenters. The molecule has 0 amide bonds. The van der Waals surface area contributed by atoms with E-state index in [-0.39, 0.29) is 4.88 Å². The van der Waals surface area contributed by atoms with E-state index in [0.717, 1.165) is 16.9 Å². The third-order valence-electron chi connectivity index (χ3n) is 2.18. The molecule has 0 bridgehead atoms. The first-order valence-corrected chi connectivity index (χ1v) is 6.58. The SMILES string of the molecule is O=C(O)c1cc(OCc2ccc(Cl)c(Cl)c2)cs1. The first kappa shape index (κ1) is 13.2. The number of thiophene rings is 1. The van der Waals surface area contributed by atoms with E-state index < -0.39 is 5.97 Å². The van der Waals surface area contributed by atoms with Gasteiger partial charge in [-0.25, -0.2) is 4.79 Å². The van der Waals surface area contributed by atoms with Gasteiger partial charge in [-0.15, -0.1) is 11.3 Å². The number of carboxylic acid groups (broad SMARTS) is 1. The second-order valence-electron chi connectivity index (χ2n) is 3.49. The van der Waals surface area contributed by atoms with Gasteiger partial charge in [0.15, 0.2) is 0 Å². The van der Waals surface area contributed by atoms with E-state index in [1.807, 2.05) is 0 Å². The van der Waals surface area contributed by atoms with E-state index in [1.54, 1.807) is 23.6 Å². The summed E-state index contributed by atoms with van der Waals surface area (Å²) in [6.07, 6.45) is 0. The molecule has 0 unspecified atom stereocenters. The molecule has 2 aromatic rings. The molecule has 18 heavy (non-hydrogen) atoms. The smallest absolute Gasteiger partial charge is 0.346 e. The summed E-state index contributed by atoms with van der Waals surface area (Å²) in [4.78, 5) is 10.9. The van der Waals surface area contributed by atoms with Crippen molar-refractivity contribution in [1.29, 1.82) is 0 Å². The van der Waals surface area contributed by atoms with Gasteiger partial charge >= 0.3 is 5.97 Å². The molecular formula is C12H8Cl2O3S. The average Bonchev–Trinajstić information content (AvgIpc) is 2.79. The van der Waals surface area contributed by atoms with E-state index in [4.69, 9.17) is 33.0 Å². The molecule has 2 rings (SSSR count). The molecule has 94 valence electrons. The van der Waals surface area contributed by atoms with Crippen LogP contribution < -0.4 is 4.74 Å². The number of benzene rings is 1. The number of carbonyl (C=O) groups is 1. The number of hydrogen-bond donors (Lipinski definition) is 1. The van der Waals surface area contributed by atoms with E-state index in [1.165, 1.54) is 6.07 Å². The maximum atomic E-state index is 10.7. The normalized spacial score (nSPS) is 10.3. The van der Waals surface area contributed by atoms with Gasteiger partial charge < -0.3 is 9.84 Å². The lowest BCUT2D eigenvalue weighted by molar-refractivity contribution is 0.0702. The summed E-state index contributed by atoms with van der Waals surface area (Å²) in [6, 6.07) is 6.70. The summed E-state index contributed by atoms with van der Waals surface area (Å²) in [5.41, 5.74) is 0.868. The quantitative estimate of drug-likeness (QED) is 0.914. The topological polar surface area (TPSA) is 46.5 Å². The van der Waals surface area contributed by atoms with Crippen LogP contribution in [0.1, 0.15) is 15.2 Å². The van der Waals surface area contributed by atoms with Crippen LogP contribution in [0.2, 0.25) is 10.0 Å². The van der Waals surface area contributed by atoms with Crippen molar-refractivity contribution in [2.45, 2.75) is 6.61 Å².